The minimum absolute atomic E-state index is 0.132. The highest BCUT2D eigenvalue weighted by atomic mass is 16.5. The maximum Gasteiger partial charge on any atom is 0.338 e. The third kappa shape index (κ3) is 3.05. The molecular weight excluding hydrogens is 218 g/mol. The number of esters is 1. The van der Waals surface area contributed by atoms with Crippen molar-refractivity contribution in [1.82, 2.24) is 0 Å². The quantitative estimate of drug-likeness (QED) is 0.744. The third-order valence-electron chi connectivity index (χ3n) is 2.68. The van der Waals surface area contributed by atoms with E-state index in [1.54, 1.807) is 24.3 Å². The number of hydrogen-bond acceptors (Lipinski definition) is 4. The molecule has 2 rings (SSSR count). The van der Waals surface area contributed by atoms with E-state index in [0.717, 1.165) is 0 Å². The van der Waals surface area contributed by atoms with Gasteiger partial charge in [0.1, 0.15) is 6.10 Å². The molecule has 1 aromatic rings. The van der Waals surface area contributed by atoms with Gasteiger partial charge in [-0.1, -0.05) is 18.2 Å². The normalized spacial score (nSPS) is 23.0. The van der Waals surface area contributed by atoms with E-state index in [0.29, 0.717) is 25.2 Å². The van der Waals surface area contributed by atoms with Crippen molar-refractivity contribution < 1.29 is 14.3 Å². The third-order valence-corrected chi connectivity index (χ3v) is 2.68. The summed E-state index contributed by atoms with van der Waals surface area (Å²) in [7, 11) is 0. The zero-order chi connectivity index (χ0) is 12.1. The predicted octanol–water partition coefficient (Wildman–Crippen LogP) is 1.77. The Labute approximate surface area is 99.8 Å². The molecule has 0 aromatic heterocycles. The van der Waals surface area contributed by atoms with Crippen molar-refractivity contribution in [3.63, 3.8) is 0 Å². The Hall–Kier alpha value is -1.86. The van der Waals surface area contributed by atoms with Crippen LogP contribution in [0.25, 0.3) is 0 Å². The number of rotatable bonds is 3. The van der Waals surface area contributed by atoms with Gasteiger partial charge in [0.15, 0.2) is 0 Å². The van der Waals surface area contributed by atoms with Gasteiger partial charge in [-0.2, -0.15) is 5.26 Å². The van der Waals surface area contributed by atoms with Crippen molar-refractivity contribution >= 4 is 5.97 Å². The number of carbonyl (C=O) groups excluding carboxylic acids is 1. The molecule has 1 fully saturated rings. The Balaban J connectivity index is 1.80. The van der Waals surface area contributed by atoms with Crippen molar-refractivity contribution in [2.24, 2.45) is 5.92 Å². The van der Waals surface area contributed by atoms with Gasteiger partial charge in [0.25, 0.3) is 0 Å². The summed E-state index contributed by atoms with van der Waals surface area (Å²) in [6, 6.07) is 10.9. The van der Waals surface area contributed by atoms with Crippen LogP contribution in [-0.2, 0) is 9.47 Å². The monoisotopic (exact) mass is 231 g/mol. The Kier molecular flexibility index (Phi) is 3.73. The Morgan fingerprint density at radius 1 is 1.47 bits per heavy atom. The molecule has 4 heteroatoms. The molecule has 88 valence electrons. The van der Waals surface area contributed by atoms with E-state index in [9.17, 15) is 4.79 Å². The average molecular weight is 231 g/mol. The summed E-state index contributed by atoms with van der Waals surface area (Å²) in [6.45, 7) is 0.798. The summed E-state index contributed by atoms with van der Waals surface area (Å²) in [5.74, 6) is -0.196. The van der Waals surface area contributed by atoms with E-state index in [-0.39, 0.29) is 18.0 Å². The summed E-state index contributed by atoms with van der Waals surface area (Å²) in [5.41, 5.74) is 0.545. The molecule has 0 unspecified atom stereocenters. The first-order valence-electron chi connectivity index (χ1n) is 5.53. The van der Waals surface area contributed by atoms with Crippen LogP contribution < -0.4 is 0 Å². The smallest absolute Gasteiger partial charge is 0.338 e. The van der Waals surface area contributed by atoms with Crippen molar-refractivity contribution in [1.29, 1.82) is 5.26 Å². The van der Waals surface area contributed by atoms with Gasteiger partial charge in [0, 0.05) is 5.92 Å². The first-order valence-corrected chi connectivity index (χ1v) is 5.53. The maximum absolute atomic E-state index is 11.6. The van der Waals surface area contributed by atoms with Gasteiger partial charge in [-0.15, -0.1) is 0 Å². The van der Waals surface area contributed by atoms with Gasteiger partial charge in [0.2, 0.25) is 0 Å². The molecule has 0 saturated carbocycles. The maximum atomic E-state index is 11.6. The summed E-state index contributed by atoms with van der Waals surface area (Å²) in [6.07, 6.45) is 0.286. The van der Waals surface area contributed by atoms with Crippen molar-refractivity contribution in [3.05, 3.63) is 35.9 Å². The molecule has 2 atom stereocenters. The SMILES string of the molecule is N#C[C@@H]1C[C@@H](COC(=O)c2ccccc2)CO1. The topological polar surface area (TPSA) is 59.3 Å². The molecule has 1 saturated heterocycles. The van der Waals surface area contributed by atoms with Crippen LogP contribution in [0.4, 0.5) is 0 Å². The highest BCUT2D eigenvalue weighted by Gasteiger charge is 2.26. The van der Waals surface area contributed by atoms with E-state index in [2.05, 4.69) is 6.07 Å². The lowest BCUT2D eigenvalue weighted by Crippen LogP contribution is -2.14. The second kappa shape index (κ2) is 5.46. The molecule has 0 spiro atoms. The summed E-state index contributed by atoms with van der Waals surface area (Å²) in [4.78, 5) is 11.6. The average Bonchev–Trinajstić information content (AvgIpc) is 2.85. The van der Waals surface area contributed by atoms with Gasteiger partial charge in [-0.25, -0.2) is 4.79 Å². The molecule has 0 N–H and O–H groups in total. The second-order valence-corrected chi connectivity index (χ2v) is 4.02. The second-order valence-electron chi connectivity index (χ2n) is 4.02. The van der Waals surface area contributed by atoms with Crippen molar-refractivity contribution in [2.45, 2.75) is 12.5 Å². The molecule has 1 aliphatic rings. The molecular formula is C13H13NO3. The zero-order valence-corrected chi connectivity index (χ0v) is 9.33. The first kappa shape index (κ1) is 11.6. The predicted molar refractivity (Wildman–Crippen MR) is 60.2 cm³/mol. The number of benzene rings is 1. The summed E-state index contributed by atoms with van der Waals surface area (Å²) < 4.78 is 10.4. The summed E-state index contributed by atoms with van der Waals surface area (Å²) >= 11 is 0. The Morgan fingerprint density at radius 3 is 2.88 bits per heavy atom. The van der Waals surface area contributed by atoms with Gasteiger partial charge >= 0.3 is 5.97 Å². The highest BCUT2D eigenvalue weighted by Crippen LogP contribution is 2.19. The molecule has 0 radical (unpaired) electrons. The van der Waals surface area contributed by atoms with Gasteiger partial charge in [-0.3, -0.25) is 0 Å². The van der Waals surface area contributed by atoms with Crippen LogP contribution in [0.3, 0.4) is 0 Å². The van der Waals surface area contributed by atoms with Crippen LogP contribution in [0, 0.1) is 17.2 Å². The number of carbonyl (C=O) groups is 1. The van der Waals surface area contributed by atoms with Crippen LogP contribution >= 0.6 is 0 Å². The van der Waals surface area contributed by atoms with Crippen LogP contribution in [0.15, 0.2) is 30.3 Å². The molecule has 0 bridgehead atoms. The molecule has 1 aliphatic heterocycles. The van der Waals surface area contributed by atoms with E-state index in [1.807, 2.05) is 6.07 Å². The van der Waals surface area contributed by atoms with Gasteiger partial charge in [0.05, 0.1) is 24.8 Å². The molecule has 17 heavy (non-hydrogen) atoms. The van der Waals surface area contributed by atoms with Gasteiger partial charge in [-0.05, 0) is 18.6 Å². The number of ether oxygens (including phenoxy) is 2. The lowest BCUT2D eigenvalue weighted by molar-refractivity contribution is 0.0425. The highest BCUT2D eigenvalue weighted by molar-refractivity contribution is 5.89. The lowest BCUT2D eigenvalue weighted by Gasteiger charge is -2.08. The van der Waals surface area contributed by atoms with E-state index < -0.39 is 0 Å². The fourth-order valence-corrected chi connectivity index (χ4v) is 1.75. The molecule has 1 heterocycles. The van der Waals surface area contributed by atoms with E-state index in [4.69, 9.17) is 14.7 Å². The van der Waals surface area contributed by atoms with E-state index >= 15 is 0 Å². The van der Waals surface area contributed by atoms with Crippen LogP contribution in [0.1, 0.15) is 16.8 Å². The molecule has 1 aromatic carbocycles. The fourth-order valence-electron chi connectivity index (χ4n) is 1.75. The Morgan fingerprint density at radius 2 is 2.24 bits per heavy atom. The number of nitriles is 1. The molecule has 0 aliphatic carbocycles. The molecule has 4 nitrogen and oxygen atoms in total. The minimum atomic E-state index is -0.351. The van der Waals surface area contributed by atoms with Gasteiger partial charge < -0.3 is 9.47 Å². The Bertz CT molecular complexity index is 424. The van der Waals surface area contributed by atoms with Crippen LogP contribution in [0.5, 0.6) is 0 Å². The number of hydrogen-bond donors (Lipinski definition) is 0. The first-order chi connectivity index (χ1) is 8.29. The van der Waals surface area contributed by atoms with Crippen molar-refractivity contribution in [2.75, 3.05) is 13.2 Å². The zero-order valence-electron chi connectivity index (χ0n) is 9.33. The lowest BCUT2D eigenvalue weighted by atomic mass is 10.1. The number of nitrogens with zero attached hydrogens (tertiary/aromatic N) is 1. The van der Waals surface area contributed by atoms with Crippen LogP contribution in [0.2, 0.25) is 0 Å². The molecule has 0 amide bonds. The van der Waals surface area contributed by atoms with E-state index in [1.165, 1.54) is 0 Å². The minimum Gasteiger partial charge on any atom is -0.462 e. The largest absolute Gasteiger partial charge is 0.462 e. The standard InChI is InChI=1S/C13H13NO3/c14-7-12-6-10(8-16-12)9-17-13(15)11-4-2-1-3-5-11/h1-5,10,12H,6,8-9H2/t10-,12+/m1/s1. The summed E-state index contributed by atoms with van der Waals surface area (Å²) in [5, 5.41) is 8.66. The fraction of sp³-hybridized carbons (Fsp3) is 0.385. The van der Waals surface area contributed by atoms with Crippen molar-refractivity contribution in [3.8, 4) is 6.07 Å². The van der Waals surface area contributed by atoms with Crippen LogP contribution in [-0.4, -0.2) is 25.3 Å².